The van der Waals surface area contributed by atoms with Crippen LogP contribution in [0.5, 0.6) is 5.75 Å². The third-order valence-electron chi connectivity index (χ3n) is 3.60. The van der Waals surface area contributed by atoms with Gasteiger partial charge in [-0.05, 0) is 47.2 Å². The molecule has 5 nitrogen and oxygen atoms in total. The Morgan fingerprint density at radius 3 is 2.50 bits per heavy atom. The van der Waals surface area contributed by atoms with E-state index < -0.39 is 5.97 Å². The van der Waals surface area contributed by atoms with Crippen LogP contribution in [-0.4, -0.2) is 22.0 Å². The molecular formula is C19H14ClNO4S. The molecule has 1 saturated heterocycles. The highest BCUT2D eigenvalue weighted by molar-refractivity contribution is 8.18. The maximum absolute atomic E-state index is 12.6. The van der Waals surface area contributed by atoms with Crippen molar-refractivity contribution in [2.24, 2.45) is 0 Å². The molecule has 0 unspecified atom stereocenters. The smallest absolute Gasteiger partial charge is 0.308 e. The Balaban J connectivity index is 1.76. The molecule has 1 fully saturated rings. The molecule has 0 radical (unpaired) electrons. The standard InChI is InChI=1S/C19H14ClNO4S/c1-12(22)25-15-8-6-13(7-9-15)10-17-18(23)21(19(24)26-17)11-14-4-2-3-5-16(14)20/h2-10H,11H2,1H3/b17-10-. The summed E-state index contributed by atoms with van der Waals surface area (Å²) in [7, 11) is 0. The Kier molecular flexibility index (Phi) is 5.44. The molecule has 26 heavy (non-hydrogen) atoms. The van der Waals surface area contributed by atoms with Crippen molar-refractivity contribution in [3.63, 3.8) is 0 Å². The molecule has 0 saturated carbocycles. The summed E-state index contributed by atoms with van der Waals surface area (Å²) in [6.07, 6.45) is 1.63. The molecule has 2 aromatic carbocycles. The minimum absolute atomic E-state index is 0.132. The van der Waals surface area contributed by atoms with Crippen molar-refractivity contribution in [2.45, 2.75) is 13.5 Å². The quantitative estimate of drug-likeness (QED) is 0.439. The van der Waals surface area contributed by atoms with Gasteiger partial charge in [-0.3, -0.25) is 19.3 Å². The number of rotatable bonds is 4. The third-order valence-corrected chi connectivity index (χ3v) is 4.88. The van der Waals surface area contributed by atoms with E-state index in [1.807, 2.05) is 0 Å². The summed E-state index contributed by atoms with van der Waals surface area (Å²) in [6.45, 7) is 1.45. The zero-order chi connectivity index (χ0) is 18.7. The number of amides is 2. The summed E-state index contributed by atoms with van der Waals surface area (Å²) in [4.78, 5) is 37.2. The first kappa shape index (κ1) is 18.2. The molecule has 0 spiro atoms. The summed E-state index contributed by atoms with van der Waals surface area (Å²) < 4.78 is 4.97. The number of hydrogen-bond donors (Lipinski definition) is 0. The minimum Gasteiger partial charge on any atom is -0.427 e. The van der Waals surface area contributed by atoms with E-state index in [1.165, 1.54) is 11.8 Å². The lowest BCUT2D eigenvalue weighted by Crippen LogP contribution is -2.27. The van der Waals surface area contributed by atoms with Crippen molar-refractivity contribution in [2.75, 3.05) is 0 Å². The number of nitrogens with zero attached hydrogens (tertiary/aromatic N) is 1. The molecular weight excluding hydrogens is 374 g/mol. The molecule has 0 aliphatic carbocycles. The monoisotopic (exact) mass is 387 g/mol. The topological polar surface area (TPSA) is 63.7 Å². The fraction of sp³-hybridized carbons (Fsp3) is 0.105. The van der Waals surface area contributed by atoms with Crippen LogP contribution in [0.4, 0.5) is 4.79 Å². The first-order valence-electron chi connectivity index (χ1n) is 7.71. The van der Waals surface area contributed by atoms with Gasteiger partial charge in [-0.15, -0.1) is 0 Å². The predicted molar refractivity (Wildman–Crippen MR) is 101 cm³/mol. The number of esters is 1. The average Bonchev–Trinajstić information content (AvgIpc) is 2.85. The second-order valence-corrected chi connectivity index (χ2v) is 6.92. The highest BCUT2D eigenvalue weighted by Gasteiger charge is 2.35. The van der Waals surface area contributed by atoms with E-state index in [-0.39, 0.29) is 17.7 Å². The van der Waals surface area contributed by atoms with E-state index in [1.54, 1.807) is 54.6 Å². The van der Waals surface area contributed by atoms with Crippen molar-refractivity contribution >= 4 is 46.6 Å². The molecule has 1 aliphatic rings. The molecule has 1 heterocycles. The van der Waals surface area contributed by atoms with E-state index in [9.17, 15) is 14.4 Å². The molecule has 7 heteroatoms. The summed E-state index contributed by atoms with van der Waals surface area (Å²) in [5.41, 5.74) is 1.44. The molecule has 2 amide bonds. The largest absolute Gasteiger partial charge is 0.427 e. The van der Waals surface area contributed by atoms with E-state index in [0.29, 0.717) is 21.2 Å². The van der Waals surface area contributed by atoms with Crippen molar-refractivity contribution in [3.05, 3.63) is 69.6 Å². The lowest BCUT2D eigenvalue weighted by molar-refractivity contribution is -0.131. The normalized spacial score (nSPS) is 15.6. The van der Waals surface area contributed by atoms with Gasteiger partial charge in [0, 0.05) is 11.9 Å². The fourth-order valence-electron chi connectivity index (χ4n) is 2.38. The van der Waals surface area contributed by atoms with E-state index in [4.69, 9.17) is 16.3 Å². The van der Waals surface area contributed by atoms with E-state index in [0.717, 1.165) is 17.3 Å². The Labute approximate surface area is 159 Å². The Morgan fingerprint density at radius 1 is 1.15 bits per heavy atom. The molecule has 3 rings (SSSR count). The van der Waals surface area contributed by atoms with Crippen LogP contribution in [0.3, 0.4) is 0 Å². The van der Waals surface area contributed by atoms with Crippen molar-refractivity contribution in [1.29, 1.82) is 0 Å². The van der Waals surface area contributed by atoms with Crippen molar-refractivity contribution < 1.29 is 19.1 Å². The second kappa shape index (κ2) is 7.76. The Bertz CT molecular complexity index is 908. The lowest BCUT2D eigenvalue weighted by atomic mass is 10.2. The summed E-state index contributed by atoms with van der Waals surface area (Å²) >= 11 is 7.00. The number of imide groups is 1. The van der Waals surface area contributed by atoms with Crippen LogP contribution in [-0.2, 0) is 16.1 Å². The number of halogens is 1. The van der Waals surface area contributed by atoms with Crippen LogP contribution in [0.2, 0.25) is 5.02 Å². The zero-order valence-electron chi connectivity index (χ0n) is 13.8. The number of ether oxygens (including phenoxy) is 1. The maximum atomic E-state index is 12.6. The number of benzene rings is 2. The second-order valence-electron chi connectivity index (χ2n) is 5.52. The molecule has 132 valence electrons. The Morgan fingerprint density at radius 2 is 1.85 bits per heavy atom. The van der Waals surface area contributed by atoms with Gasteiger partial charge in [0.05, 0.1) is 11.4 Å². The van der Waals surface area contributed by atoms with Gasteiger partial charge in [-0.25, -0.2) is 0 Å². The van der Waals surface area contributed by atoms with Gasteiger partial charge in [0.25, 0.3) is 11.1 Å². The van der Waals surface area contributed by atoms with Gasteiger partial charge < -0.3 is 4.74 Å². The lowest BCUT2D eigenvalue weighted by Gasteiger charge is -2.13. The molecule has 1 aliphatic heterocycles. The van der Waals surface area contributed by atoms with Gasteiger partial charge in [-0.2, -0.15) is 0 Å². The molecule has 0 atom stereocenters. The van der Waals surface area contributed by atoms with Gasteiger partial charge in [0.1, 0.15) is 5.75 Å². The molecule has 2 aromatic rings. The van der Waals surface area contributed by atoms with E-state index >= 15 is 0 Å². The SMILES string of the molecule is CC(=O)Oc1ccc(/C=C2\SC(=O)N(Cc3ccccc3Cl)C2=O)cc1. The van der Waals surface area contributed by atoms with Crippen LogP contribution < -0.4 is 4.74 Å². The highest BCUT2D eigenvalue weighted by Crippen LogP contribution is 2.34. The molecule has 0 bridgehead atoms. The summed E-state index contributed by atoms with van der Waals surface area (Å²) in [6, 6.07) is 13.8. The summed E-state index contributed by atoms with van der Waals surface area (Å²) in [5.74, 6) is -0.344. The van der Waals surface area contributed by atoms with Crippen LogP contribution in [0, 0.1) is 0 Å². The van der Waals surface area contributed by atoms with Crippen LogP contribution in [0.15, 0.2) is 53.4 Å². The van der Waals surface area contributed by atoms with Gasteiger partial charge in [0.15, 0.2) is 0 Å². The van der Waals surface area contributed by atoms with Gasteiger partial charge in [0.2, 0.25) is 0 Å². The van der Waals surface area contributed by atoms with Gasteiger partial charge in [-0.1, -0.05) is 41.9 Å². The van der Waals surface area contributed by atoms with Crippen LogP contribution in [0.1, 0.15) is 18.1 Å². The number of hydrogen-bond acceptors (Lipinski definition) is 5. The maximum Gasteiger partial charge on any atom is 0.308 e. The fourth-order valence-corrected chi connectivity index (χ4v) is 3.42. The zero-order valence-corrected chi connectivity index (χ0v) is 15.3. The van der Waals surface area contributed by atoms with Crippen molar-refractivity contribution in [1.82, 2.24) is 4.90 Å². The summed E-state index contributed by atoms with van der Waals surface area (Å²) in [5, 5.41) is 0.175. The number of thioether (sulfide) groups is 1. The first-order valence-corrected chi connectivity index (χ1v) is 8.91. The van der Waals surface area contributed by atoms with Crippen LogP contribution >= 0.6 is 23.4 Å². The van der Waals surface area contributed by atoms with Gasteiger partial charge >= 0.3 is 5.97 Å². The van der Waals surface area contributed by atoms with Crippen LogP contribution in [0.25, 0.3) is 6.08 Å². The highest BCUT2D eigenvalue weighted by atomic mass is 35.5. The van der Waals surface area contributed by atoms with Crippen molar-refractivity contribution in [3.8, 4) is 5.75 Å². The number of carbonyl (C=O) groups is 3. The first-order chi connectivity index (χ1) is 12.4. The van der Waals surface area contributed by atoms with E-state index in [2.05, 4.69) is 0 Å². The molecule has 0 N–H and O–H groups in total. The Hall–Kier alpha value is -2.57. The third kappa shape index (κ3) is 4.15. The molecule has 0 aromatic heterocycles. The average molecular weight is 388 g/mol. The number of carbonyl (C=O) groups excluding carboxylic acids is 3. The predicted octanol–water partition coefficient (Wildman–Crippen LogP) is 4.50. The minimum atomic E-state index is -0.404.